The summed E-state index contributed by atoms with van der Waals surface area (Å²) < 4.78 is 0. The first-order valence-corrected chi connectivity index (χ1v) is 9.77. The zero-order valence-electron chi connectivity index (χ0n) is 17.3. The molecular formula is C24H24ClN3O. The molecule has 0 aromatic heterocycles. The van der Waals surface area contributed by atoms with Crippen LogP contribution < -0.4 is 10.2 Å². The Morgan fingerprint density at radius 2 is 1.86 bits per heavy atom. The number of likely N-dealkylation sites (N-methyl/N-ethyl adjacent to an activating group) is 1. The molecule has 29 heavy (non-hydrogen) atoms. The molecule has 0 saturated heterocycles. The maximum atomic E-state index is 12.6. The molecule has 148 valence electrons. The number of nitrogens with zero attached hydrogens (tertiary/aromatic N) is 2. The van der Waals surface area contributed by atoms with Crippen LogP contribution in [0.5, 0.6) is 0 Å². The minimum atomic E-state index is -0.462. The quantitative estimate of drug-likeness (QED) is 0.516. The summed E-state index contributed by atoms with van der Waals surface area (Å²) in [5.74, 6) is -0.462. The van der Waals surface area contributed by atoms with Gasteiger partial charge in [-0.3, -0.25) is 4.79 Å². The van der Waals surface area contributed by atoms with Gasteiger partial charge in [-0.1, -0.05) is 35.4 Å². The van der Waals surface area contributed by atoms with E-state index in [2.05, 4.69) is 37.1 Å². The molecule has 0 aliphatic carbocycles. The average Bonchev–Trinajstić information content (AvgIpc) is 2.66. The van der Waals surface area contributed by atoms with Crippen LogP contribution in [0.15, 0.2) is 48.0 Å². The van der Waals surface area contributed by atoms with E-state index in [1.54, 1.807) is 18.2 Å². The molecule has 0 radical (unpaired) electrons. The maximum absolute atomic E-state index is 12.6. The second-order valence-corrected chi connectivity index (χ2v) is 8.33. The van der Waals surface area contributed by atoms with Gasteiger partial charge in [0, 0.05) is 29.0 Å². The van der Waals surface area contributed by atoms with Gasteiger partial charge in [0.05, 0.1) is 5.54 Å². The van der Waals surface area contributed by atoms with E-state index in [4.69, 9.17) is 11.6 Å². The highest BCUT2D eigenvalue weighted by Crippen LogP contribution is 2.40. The van der Waals surface area contributed by atoms with Gasteiger partial charge in [0.2, 0.25) is 0 Å². The third-order valence-corrected chi connectivity index (χ3v) is 5.64. The molecule has 1 aliphatic heterocycles. The molecule has 0 fully saturated rings. The molecule has 2 aromatic rings. The first-order valence-electron chi connectivity index (χ1n) is 9.39. The second kappa shape index (κ2) is 7.77. The van der Waals surface area contributed by atoms with Crippen LogP contribution in [-0.2, 0) is 4.79 Å². The molecule has 4 nitrogen and oxygen atoms in total. The number of fused-ring (bicyclic) bond motifs is 1. The van der Waals surface area contributed by atoms with Crippen molar-refractivity contribution in [2.45, 2.75) is 33.2 Å². The number of carbonyl (C=O) groups excluding carboxylic acids is 1. The first-order chi connectivity index (χ1) is 13.6. The number of benzene rings is 2. The topological polar surface area (TPSA) is 56.1 Å². The van der Waals surface area contributed by atoms with Gasteiger partial charge in [-0.2, -0.15) is 5.26 Å². The number of hydrogen-bond donors (Lipinski definition) is 1. The lowest BCUT2D eigenvalue weighted by molar-refractivity contribution is -0.112. The number of anilines is 2. The van der Waals surface area contributed by atoms with Crippen LogP contribution in [0.25, 0.3) is 11.6 Å². The summed E-state index contributed by atoms with van der Waals surface area (Å²) in [4.78, 5) is 14.7. The van der Waals surface area contributed by atoms with Gasteiger partial charge in [-0.05, 0) is 69.2 Å². The van der Waals surface area contributed by atoms with Crippen LogP contribution in [-0.4, -0.2) is 18.5 Å². The lowest BCUT2D eigenvalue weighted by atomic mass is 9.88. The average molecular weight is 406 g/mol. The van der Waals surface area contributed by atoms with Gasteiger partial charge >= 0.3 is 0 Å². The first kappa shape index (κ1) is 20.7. The number of nitriles is 1. The predicted molar refractivity (Wildman–Crippen MR) is 121 cm³/mol. The van der Waals surface area contributed by atoms with E-state index in [9.17, 15) is 10.1 Å². The van der Waals surface area contributed by atoms with E-state index in [1.807, 2.05) is 44.3 Å². The van der Waals surface area contributed by atoms with Gasteiger partial charge in [0.1, 0.15) is 11.6 Å². The number of hydrogen-bond acceptors (Lipinski definition) is 3. The van der Waals surface area contributed by atoms with Gasteiger partial charge < -0.3 is 10.2 Å². The van der Waals surface area contributed by atoms with Crippen molar-refractivity contribution in [2.75, 3.05) is 17.3 Å². The Labute approximate surface area is 177 Å². The second-order valence-electron chi connectivity index (χ2n) is 7.92. The largest absolute Gasteiger partial charge is 0.365 e. The summed E-state index contributed by atoms with van der Waals surface area (Å²) in [6.45, 7) is 8.32. The molecule has 0 bridgehead atoms. The third-order valence-electron chi connectivity index (χ3n) is 5.31. The molecule has 0 unspecified atom stereocenters. The molecule has 0 saturated carbocycles. The van der Waals surface area contributed by atoms with Gasteiger partial charge in [-0.25, -0.2) is 0 Å². The minimum absolute atomic E-state index is 0.00134. The van der Waals surface area contributed by atoms with Crippen LogP contribution in [0.1, 0.15) is 37.5 Å². The van der Waals surface area contributed by atoms with E-state index in [0.717, 1.165) is 22.4 Å². The smallest absolute Gasteiger partial charge is 0.266 e. The monoisotopic (exact) mass is 405 g/mol. The highest BCUT2D eigenvalue weighted by atomic mass is 35.5. The number of amides is 1. The van der Waals surface area contributed by atoms with E-state index in [1.165, 1.54) is 0 Å². The highest BCUT2D eigenvalue weighted by molar-refractivity contribution is 6.32. The van der Waals surface area contributed by atoms with Crippen LogP contribution in [0, 0.1) is 18.3 Å². The molecular weight excluding hydrogens is 382 g/mol. The van der Waals surface area contributed by atoms with Crippen molar-refractivity contribution in [3.8, 4) is 6.07 Å². The number of allylic oxidation sites excluding steroid dienone is 1. The maximum Gasteiger partial charge on any atom is 0.266 e. The van der Waals surface area contributed by atoms with Crippen LogP contribution in [0.3, 0.4) is 0 Å². The Morgan fingerprint density at radius 1 is 1.21 bits per heavy atom. The Balaban J connectivity index is 1.96. The van der Waals surface area contributed by atoms with Crippen molar-refractivity contribution in [1.82, 2.24) is 0 Å². The molecule has 0 spiro atoms. The van der Waals surface area contributed by atoms with Crippen LogP contribution >= 0.6 is 11.6 Å². The molecule has 1 N–H and O–H groups in total. The number of aryl methyl sites for hydroxylation is 1. The standard InChI is InChI=1S/C24H24ClN3O/c1-15-6-8-19(9-7-15)27-23(29)18(14-26)10-17-11-20-16(2)13-24(3,4)28(5)22(20)12-21(17)25/h6-13H,1-5H3,(H,27,29)/b18-10+. The van der Waals surface area contributed by atoms with Crippen molar-refractivity contribution in [1.29, 1.82) is 5.26 Å². The van der Waals surface area contributed by atoms with Crippen molar-refractivity contribution < 1.29 is 4.79 Å². The number of nitrogens with one attached hydrogen (secondary N) is 1. The van der Waals surface area contributed by atoms with Gasteiger partial charge in [0.25, 0.3) is 5.91 Å². The lowest BCUT2D eigenvalue weighted by Crippen LogP contribution is -2.42. The summed E-state index contributed by atoms with van der Waals surface area (Å²) in [6.07, 6.45) is 3.74. The highest BCUT2D eigenvalue weighted by Gasteiger charge is 2.29. The van der Waals surface area contributed by atoms with Crippen molar-refractivity contribution >= 4 is 40.5 Å². The SMILES string of the molecule is CC1=CC(C)(C)N(C)c2cc(Cl)c(/C=C(\C#N)C(=O)Nc3ccc(C)cc3)cc21. The van der Waals surface area contributed by atoms with Gasteiger partial charge in [-0.15, -0.1) is 0 Å². The fourth-order valence-electron chi connectivity index (χ4n) is 3.44. The zero-order valence-corrected chi connectivity index (χ0v) is 18.1. The Kier molecular flexibility index (Phi) is 5.55. The predicted octanol–water partition coefficient (Wildman–Crippen LogP) is 5.83. The minimum Gasteiger partial charge on any atom is -0.365 e. The summed E-state index contributed by atoms with van der Waals surface area (Å²) in [7, 11) is 2.03. The third kappa shape index (κ3) is 4.21. The fraction of sp³-hybridized carbons (Fsp3) is 0.250. The summed E-state index contributed by atoms with van der Waals surface area (Å²) in [6, 6.07) is 13.2. The summed E-state index contributed by atoms with van der Waals surface area (Å²) in [5.41, 5.74) is 5.46. The summed E-state index contributed by atoms with van der Waals surface area (Å²) >= 11 is 6.52. The molecule has 0 atom stereocenters. The van der Waals surface area contributed by atoms with Crippen LogP contribution in [0.2, 0.25) is 5.02 Å². The van der Waals surface area contributed by atoms with Crippen molar-refractivity contribution in [3.05, 3.63) is 69.8 Å². The normalized spacial score (nSPS) is 15.3. The van der Waals surface area contributed by atoms with E-state index in [-0.39, 0.29) is 11.1 Å². The zero-order chi connectivity index (χ0) is 21.3. The van der Waals surface area contributed by atoms with Gasteiger partial charge in [0.15, 0.2) is 0 Å². The fourth-order valence-corrected chi connectivity index (χ4v) is 3.65. The molecule has 1 amide bonds. The van der Waals surface area contributed by atoms with E-state index in [0.29, 0.717) is 16.3 Å². The lowest BCUT2D eigenvalue weighted by Gasteiger charge is -2.40. The Bertz CT molecular complexity index is 1070. The Hall–Kier alpha value is -3.03. The Morgan fingerprint density at radius 3 is 2.48 bits per heavy atom. The van der Waals surface area contributed by atoms with Crippen LogP contribution in [0.4, 0.5) is 11.4 Å². The molecule has 1 heterocycles. The van der Waals surface area contributed by atoms with Crippen molar-refractivity contribution in [3.63, 3.8) is 0 Å². The molecule has 1 aliphatic rings. The molecule has 5 heteroatoms. The number of rotatable bonds is 3. The number of halogens is 1. The van der Waals surface area contributed by atoms with Crippen molar-refractivity contribution in [2.24, 2.45) is 0 Å². The summed E-state index contributed by atoms with van der Waals surface area (Å²) in [5, 5.41) is 12.8. The number of carbonyl (C=O) groups is 1. The van der Waals surface area contributed by atoms with E-state index >= 15 is 0 Å². The van der Waals surface area contributed by atoms with E-state index < -0.39 is 5.91 Å². The molecule has 2 aromatic carbocycles. The molecule has 3 rings (SSSR count).